The fourth-order valence-electron chi connectivity index (χ4n) is 4.01. The molecule has 160 valence electrons. The van der Waals surface area contributed by atoms with Crippen LogP contribution in [-0.2, 0) is 19.5 Å². The number of fused-ring (bicyclic) bond motifs is 1. The Morgan fingerprint density at radius 3 is 2.81 bits per heavy atom. The van der Waals surface area contributed by atoms with Crippen LogP contribution in [0.5, 0.6) is 0 Å². The number of carbonyl (C=O) groups excluding carboxylic acids is 2. The first-order valence-corrected chi connectivity index (χ1v) is 10.6. The van der Waals surface area contributed by atoms with Gasteiger partial charge in [-0.15, -0.1) is 0 Å². The molecule has 0 spiro atoms. The average molecular weight is 418 g/mol. The number of hydrogen-bond donors (Lipinski definition) is 1. The summed E-state index contributed by atoms with van der Waals surface area (Å²) < 4.78 is 1.92. The van der Waals surface area contributed by atoms with E-state index in [1.54, 1.807) is 35.6 Å². The molecule has 0 fully saturated rings. The summed E-state index contributed by atoms with van der Waals surface area (Å²) in [6, 6.07) is 11.6. The van der Waals surface area contributed by atoms with E-state index in [4.69, 9.17) is 0 Å². The van der Waals surface area contributed by atoms with Crippen molar-refractivity contribution in [2.75, 3.05) is 13.6 Å². The molecule has 1 atom stereocenters. The topological polar surface area (TPSA) is 80.1 Å². The summed E-state index contributed by atoms with van der Waals surface area (Å²) >= 11 is 0. The fourth-order valence-corrected chi connectivity index (χ4v) is 4.01. The van der Waals surface area contributed by atoms with Gasteiger partial charge in [0.25, 0.3) is 11.8 Å². The van der Waals surface area contributed by atoms with E-state index >= 15 is 0 Å². The second-order valence-electron chi connectivity index (χ2n) is 8.13. The van der Waals surface area contributed by atoms with Crippen molar-refractivity contribution < 1.29 is 9.59 Å². The second-order valence-corrected chi connectivity index (χ2v) is 8.13. The van der Waals surface area contributed by atoms with E-state index in [1.807, 2.05) is 29.9 Å². The molecule has 0 bridgehead atoms. The third-order valence-corrected chi connectivity index (χ3v) is 5.90. The molecule has 3 aromatic rings. The van der Waals surface area contributed by atoms with Crippen LogP contribution in [0.25, 0.3) is 0 Å². The molecule has 0 aliphatic carbocycles. The van der Waals surface area contributed by atoms with Gasteiger partial charge in [-0.1, -0.05) is 24.3 Å². The summed E-state index contributed by atoms with van der Waals surface area (Å²) in [4.78, 5) is 31.2. The Morgan fingerprint density at radius 1 is 1.19 bits per heavy atom. The maximum absolute atomic E-state index is 13.1. The molecule has 1 N–H and O–H groups in total. The monoisotopic (exact) mass is 417 g/mol. The van der Waals surface area contributed by atoms with E-state index in [1.165, 1.54) is 5.56 Å². The van der Waals surface area contributed by atoms with Crippen LogP contribution < -0.4 is 5.32 Å². The number of hydrogen-bond acceptors (Lipinski definition) is 4. The minimum atomic E-state index is -0.124. The summed E-state index contributed by atoms with van der Waals surface area (Å²) in [5.41, 5.74) is 4.46. The lowest BCUT2D eigenvalue weighted by molar-refractivity contribution is 0.0782. The number of nitrogens with one attached hydrogen (secondary N) is 1. The van der Waals surface area contributed by atoms with Gasteiger partial charge in [0.1, 0.15) is 0 Å². The van der Waals surface area contributed by atoms with Crippen molar-refractivity contribution in [1.29, 1.82) is 0 Å². The van der Waals surface area contributed by atoms with Crippen molar-refractivity contribution in [2.24, 2.45) is 5.92 Å². The van der Waals surface area contributed by atoms with Crippen molar-refractivity contribution in [3.05, 3.63) is 82.9 Å². The zero-order valence-corrected chi connectivity index (χ0v) is 17.9. The van der Waals surface area contributed by atoms with Crippen molar-refractivity contribution in [3.8, 4) is 0 Å². The number of aromatic nitrogens is 3. The SMILES string of the molecule is Cc1ccccc1CN(C)C(=O)c1cnn2c1C[C@H](CNC(=O)c1cccnc1)CC2. The summed E-state index contributed by atoms with van der Waals surface area (Å²) in [5, 5.41) is 7.43. The predicted molar refractivity (Wildman–Crippen MR) is 118 cm³/mol. The minimum Gasteiger partial charge on any atom is -0.352 e. The first-order valence-electron chi connectivity index (χ1n) is 10.6. The highest BCUT2D eigenvalue weighted by atomic mass is 16.2. The Balaban J connectivity index is 1.40. The lowest BCUT2D eigenvalue weighted by atomic mass is 9.94. The molecular formula is C24H27N5O2. The zero-order chi connectivity index (χ0) is 21.8. The maximum Gasteiger partial charge on any atom is 0.257 e. The van der Waals surface area contributed by atoms with Gasteiger partial charge in [0.05, 0.1) is 23.0 Å². The van der Waals surface area contributed by atoms with E-state index in [9.17, 15) is 9.59 Å². The molecule has 2 amide bonds. The number of amides is 2. The van der Waals surface area contributed by atoms with Crippen molar-refractivity contribution in [1.82, 2.24) is 25.0 Å². The molecule has 0 radical (unpaired) electrons. The van der Waals surface area contributed by atoms with Gasteiger partial charge in [-0.3, -0.25) is 19.3 Å². The van der Waals surface area contributed by atoms with E-state index < -0.39 is 0 Å². The molecule has 1 aliphatic heterocycles. The molecule has 3 heterocycles. The lowest BCUT2D eigenvalue weighted by Gasteiger charge is -2.25. The summed E-state index contributed by atoms with van der Waals surface area (Å²) in [5.74, 6) is 0.115. The van der Waals surface area contributed by atoms with E-state index in [-0.39, 0.29) is 17.7 Å². The Labute approximate surface area is 182 Å². The van der Waals surface area contributed by atoms with Crippen LogP contribution in [-0.4, -0.2) is 45.1 Å². The molecule has 4 rings (SSSR count). The van der Waals surface area contributed by atoms with Gasteiger partial charge >= 0.3 is 0 Å². The quantitative estimate of drug-likeness (QED) is 0.669. The number of benzene rings is 1. The Morgan fingerprint density at radius 2 is 2.03 bits per heavy atom. The largest absolute Gasteiger partial charge is 0.352 e. The molecule has 7 heteroatoms. The van der Waals surface area contributed by atoms with Gasteiger partial charge in [-0.2, -0.15) is 5.10 Å². The molecule has 2 aromatic heterocycles. The van der Waals surface area contributed by atoms with Gasteiger partial charge in [0.15, 0.2) is 0 Å². The summed E-state index contributed by atoms with van der Waals surface area (Å²) in [6.45, 7) is 3.92. The Bertz CT molecular complexity index is 1080. The van der Waals surface area contributed by atoms with Crippen molar-refractivity contribution in [3.63, 3.8) is 0 Å². The molecule has 31 heavy (non-hydrogen) atoms. The summed E-state index contributed by atoms with van der Waals surface area (Å²) in [6.07, 6.45) is 6.52. The Hall–Kier alpha value is -3.48. The van der Waals surface area contributed by atoms with Crippen LogP contribution in [0.4, 0.5) is 0 Å². The molecule has 0 unspecified atom stereocenters. The van der Waals surface area contributed by atoms with Crippen LogP contribution in [0.15, 0.2) is 55.0 Å². The number of rotatable bonds is 6. The van der Waals surface area contributed by atoms with Crippen LogP contribution in [0, 0.1) is 12.8 Å². The van der Waals surface area contributed by atoms with Gasteiger partial charge in [0.2, 0.25) is 0 Å². The van der Waals surface area contributed by atoms with Gasteiger partial charge in [0, 0.05) is 39.1 Å². The fraction of sp³-hybridized carbons (Fsp3) is 0.333. The highest BCUT2D eigenvalue weighted by Gasteiger charge is 2.27. The summed E-state index contributed by atoms with van der Waals surface area (Å²) in [7, 11) is 1.83. The molecule has 7 nitrogen and oxygen atoms in total. The predicted octanol–water partition coefficient (Wildman–Crippen LogP) is 2.85. The maximum atomic E-state index is 13.1. The smallest absolute Gasteiger partial charge is 0.257 e. The molecule has 0 saturated carbocycles. The van der Waals surface area contributed by atoms with Crippen LogP contribution >= 0.6 is 0 Å². The zero-order valence-electron chi connectivity index (χ0n) is 17.9. The van der Waals surface area contributed by atoms with E-state index in [2.05, 4.69) is 28.4 Å². The van der Waals surface area contributed by atoms with Gasteiger partial charge < -0.3 is 10.2 Å². The standard InChI is InChI=1S/C24H27N5O2/c1-17-6-3-4-7-20(17)16-28(2)24(31)21-15-27-29-11-9-18(12-22(21)29)13-26-23(30)19-8-5-10-25-14-19/h3-8,10,14-15,18H,9,11-13,16H2,1-2H3,(H,26,30)/t18-/m1/s1. The first-order chi connectivity index (χ1) is 15.0. The third-order valence-electron chi connectivity index (χ3n) is 5.90. The number of carbonyl (C=O) groups is 2. The number of aryl methyl sites for hydroxylation is 2. The van der Waals surface area contributed by atoms with Crippen LogP contribution in [0.1, 0.15) is 44.0 Å². The van der Waals surface area contributed by atoms with Crippen LogP contribution in [0.3, 0.4) is 0 Å². The molecular weight excluding hydrogens is 390 g/mol. The molecule has 1 aliphatic rings. The molecule has 0 saturated heterocycles. The molecule has 1 aromatic carbocycles. The normalized spacial score (nSPS) is 15.2. The van der Waals surface area contributed by atoms with Crippen LogP contribution in [0.2, 0.25) is 0 Å². The van der Waals surface area contributed by atoms with Gasteiger partial charge in [-0.25, -0.2) is 0 Å². The highest BCUT2D eigenvalue weighted by molar-refractivity contribution is 5.95. The number of nitrogens with zero attached hydrogens (tertiary/aromatic N) is 4. The van der Waals surface area contributed by atoms with Crippen molar-refractivity contribution >= 4 is 11.8 Å². The first kappa shape index (κ1) is 20.8. The van der Waals surface area contributed by atoms with E-state index in [0.29, 0.717) is 30.6 Å². The third kappa shape index (κ3) is 4.66. The number of pyridine rings is 1. The van der Waals surface area contributed by atoms with E-state index in [0.717, 1.165) is 24.2 Å². The average Bonchev–Trinajstić information content (AvgIpc) is 3.22. The lowest BCUT2D eigenvalue weighted by Crippen LogP contribution is -2.34. The second kappa shape index (κ2) is 9.12. The van der Waals surface area contributed by atoms with Crippen molar-refractivity contribution in [2.45, 2.75) is 32.9 Å². The highest BCUT2D eigenvalue weighted by Crippen LogP contribution is 2.24. The van der Waals surface area contributed by atoms with Gasteiger partial charge in [-0.05, 0) is 48.9 Å². The Kier molecular flexibility index (Phi) is 6.11. The minimum absolute atomic E-state index is 0.0236.